The molecule has 2 aromatic rings. The molecule has 2 aliphatic rings. The molecule has 2 aliphatic heterocycles. The molecule has 1 fully saturated rings. The number of anilines is 2. The minimum Gasteiger partial charge on any atom is -0.350 e. The van der Waals surface area contributed by atoms with Gasteiger partial charge in [0.15, 0.2) is 0 Å². The number of likely N-dealkylation sites (N-methyl/N-ethyl adjacent to an activating group) is 1. The zero-order valence-electron chi connectivity index (χ0n) is 24.3. The molecule has 0 saturated carbocycles. The first-order chi connectivity index (χ1) is 19.9. The van der Waals surface area contributed by atoms with Crippen molar-refractivity contribution in [3.8, 4) is 6.07 Å². The third kappa shape index (κ3) is 7.54. The second-order valence-electron chi connectivity index (χ2n) is 10.2. The van der Waals surface area contributed by atoms with Gasteiger partial charge in [0.1, 0.15) is 23.4 Å². The third-order valence-corrected chi connectivity index (χ3v) is 8.31. The Labute approximate surface area is 246 Å². The van der Waals surface area contributed by atoms with Crippen LogP contribution in [0.25, 0.3) is 0 Å². The number of carbonyl (C=O) groups is 2. The smallest absolute Gasteiger partial charge is 0.328 e. The molecule has 0 radical (unpaired) electrons. The largest absolute Gasteiger partial charge is 0.350 e. The number of carbonyl (C=O) groups excluding carboxylic acids is 2. The van der Waals surface area contributed by atoms with Crippen molar-refractivity contribution in [1.29, 1.82) is 5.26 Å². The number of nitriles is 1. The molecule has 4 rings (SSSR count). The van der Waals surface area contributed by atoms with Gasteiger partial charge in [0.2, 0.25) is 12.2 Å². The average Bonchev–Trinajstić information content (AvgIpc) is 2.97. The van der Waals surface area contributed by atoms with Crippen LogP contribution in [0.4, 0.5) is 16.4 Å². The standard InChI is InChI=1S/C29H39N7O4S/c1-5-41-13-7-9-20-15-24(31-17-23(20)16-30)32-29(38)36-10-6-8-21-14-22(18-35-12-11-34(2)19-25(35)37)26(33-27(21)36)28(39-3)40-4/h14-15,17,28H,5-13,18-19H2,1-4H3,(H,31,32,38). The minimum atomic E-state index is -0.752. The number of nitrogens with zero attached hydrogens (tertiary/aromatic N) is 6. The molecule has 0 aromatic carbocycles. The minimum absolute atomic E-state index is 0.0632. The predicted molar refractivity (Wildman–Crippen MR) is 159 cm³/mol. The second kappa shape index (κ2) is 14.6. The lowest BCUT2D eigenvalue weighted by Gasteiger charge is -2.34. The number of thioether (sulfide) groups is 1. The number of ether oxygens (including phenoxy) is 2. The second-order valence-corrected chi connectivity index (χ2v) is 11.6. The highest BCUT2D eigenvalue weighted by Crippen LogP contribution is 2.32. The van der Waals surface area contributed by atoms with E-state index in [0.29, 0.717) is 49.1 Å². The highest BCUT2D eigenvalue weighted by Gasteiger charge is 2.30. The molecule has 1 saturated heterocycles. The van der Waals surface area contributed by atoms with Crippen molar-refractivity contribution in [2.75, 3.05) is 69.2 Å². The van der Waals surface area contributed by atoms with Gasteiger partial charge in [-0.1, -0.05) is 6.92 Å². The van der Waals surface area contributed by atoms with E-state index >= 15 is 0 Å². The van der Waals surface area contributed by atoms with Crippen LogP contribution in [0, 0.1) is 11.3 Å². The van der Waals surface area contributed by atoms with Crippen molar-refractivity contribution >= 4 is 35.3 Å². The lowest BCUT2D eigenvalue weighted by molar-refractivity contribution is -0.136. The van der Waals surface area contributed by atoms with Crippen LogP contribution < -0.4 is 10.2 Å². The third-order valence-electron chi connectivity index (χ3n) is 7.33. The lowest BCUT2D eigenvalue weighted by atomic mass is 10.0. The number of methoxy groups -OCH3 is 2. The van der Waals surface area contributed by atoms with E-state index in [4.69, 9.17) is 14.5 Å². The van der Waals surface area contributed by atoms with Crippen LogP contribution >= 0.6 is 11.8 Å². The summed E-state index contributed by atoms with van der Waals surface area (Å²) in [5, 5.41) is 12.4. The van der Waals surface area contributed by atoms with Crippen molar-refractivity contribution in [3.05, 3.63) is 46.3 Å². The summed E-state index contributed by atoms with van der Waals surface area (Å²) in [6.45, 7) is 4.82. The van der Waals surface area contributed by atoms with Crippen molar-refractivity contribution < 1.29 is 19.1 Å². The summed E-state index contributed by atoms with van der Waals surface area (Å²) in [6, 6.07) is 5.68. The summed E-state index contributed by atoms with van der Waals surface area (Å²) in [4.78, 5) is 40.9. The van der Waals surface area contributed by atoms with Gasteiger partial charge in [0, 0.05) is 46.6 Å². The van der Waals surface area contributed by atoms with Gasteiger partial charge in [-0.2, -0.15) is 17.0 Å². The van der Waals surface area contributed by atoms with E-state index in [1.54, 1.807) is 25.2 Å². The van der Waals surface area contributed by atoms with Crippen molar-refractivity contribution in [2.45, 2.75) is 45.4 Å². The number of urea groups is 1. The maximum Gasteiger partial charge on any atom is 0.328 e. The van der Waals surface area contributed by atoms with Gasteiger partial charge in [0.05, 0.1) is 12.1 Å². The Hall–Kier alpha value is -3.24. The Morgan fingerprint density at radius 1 is 1.22 bits per heavy atom. The summed E-state index contributed by atoms with van der Waals surface area (Å²) in [5.74, 6) is 3.07. The summed E-state index contributed by atoms with van der Waals surface area (Å²) in [7, 11) is 5.02. The van der Waals surface area contributed by atoms with Gasteiger partial charge < -0.3 is 14.4 Å². The molecule has 3 amide bonds. The molecule has 11 nitrogen and oxygen atoms in total. The molecule has 220 valence electrons. The molecule has 0 bridgehead atoms. The van der Waals surface area contributed by atoms with Crippen molar-refractivity contribution in [2.24, 2.45) is 0 Å². The Balaban J connectivity index is 1.58. The molecule has 1 N–H and O–H groups in total. The number of hydrogen-bond donors (Lipinski definition) is 1. The Kier molecular flexibility index (Phi) is 10.9. The molecule has 0 spiro atoms. The highest BCUT2D eigenvalue weighted by atomic mass is 32.2. The van der Waals surface area contributed by atoms with Crippen LogP contribution in [-0.4, -0.2) is 90.7 Å². The first-order valence-corrected chi connectivity index (χ1v) is 15.1. The van der Waals surface area contributed by atoms with E-state index < -0.39 is 6.29 Å². The SMILES string of the molecule is CCSCCCc1cc(NC(=O)N2CCCc3cc(CN4CCN(C)CC4=O)c(C(OC)OC)nc32)ncc1C#N. The van der Waals surface area contributed by atoms with E-state index in [-0.39, 0.29) is 11.9 Å². The summed E-state index contributed by atoms with van der Waals surface area (Å²) in [6.07, 6.45) is 3.99. The fraction of sp³-hybridized carbons (Fsp3) is 0.552. The van der Waals surface area contributed by atoms with Gasteiger partial charge >= 0.3 is 6.03 Å². The van der Waals surface area contributed by atoms with Crippen LogP contribution in [0.2, 0.25) is 0 Å². The van der Waals surface area contributed by atoms with Crippen molar-refractivity contribution in [1.82, 2.24) is 19.8 Å². The number of fused-ring (bicyclic) bond motifs is 1. The highest BCUT2D eigenvalue weighted by molar-refractivity contribution is 7.99. The van der Waals surface area contributed by atoms with E-state index in [1.807, 2.05) is 34.7 Å². The van der Waals surface area contributed by atoms with Gasteiger partial charge in [-0.3, -0.25) is 19.9 Å². The number of hydrogen-bond acceptors (Lipinski definition) is 9. The zero-order valence-corrected chi connectivity index (χ0v) is 25.1. The molecule has 4 heterocycles. The van der Waals surface area contributed by atoms with Gasteiger partial charge in [0.25, 0.3) is 0 Å². The first kappa shape index (κ1) is 30.7. The van der Waals surface area contributed by atoms with E-state index in [1.165, 1.54) is 6.20 Å². The van der Waals surface area contributed by atoms with Crippen LogP contribution in [0.3, 0.4) is 0 Å². The number of pyridine rings is 2. The first-order valence-electron chi connectivity index (χ1n) is 14.0. The van der Waals surface area contributed by atoms with Crippen LogP contribution in [0.1, 0.15) is 54.0 Å². The van der Waals surface area contributed by atoms with E-state index in [0.717, 1.165) is 60.4 Å². The molecule has 0 aliphatic carbocycles. The zero-order chi connectivity index (χ0) is 29.4. The fourth-order valence-electron chi connectivity index (χ4n) is 5.16. The maximum atomic E-state index is 13.5. The lowest BCUT2D eigenvalue weighted by Crippen LogP contribution is -2.48. The summed E-state index contributed by atoms with van der Waals surface area (Å²) < 4.78 is 11.1. The topological polar surface area (TPSA) is 124 Å². The molecule has 0 atom stereocenters. The van der Waals surface area contributed by atoms with Crippen molar-refractivity contribution in [3.63, 3.8) is 0 Å². The number of aryl methyl sites for hydroxylation is 2. The quantitative estimate of drug-likeness (QED) is 0.313. The van der Waals surface area contributed by atoms with Crippen LogP contribution in [0.5, 0.6) is 0 Å². The Bertz CT molecular complexity index is 1280. The Morgan fingerprint density at radius 3 is 2.73 bits per heavy atom. The molecule has 0 unspecified atom stereocenters. The summed E-state index contributed by atoms with van der Waals surface area (Å²) >= 11 is 1.86. The van der Waals surface area contributed by atoms with Gasteiger partial charge in [-0.15, -0.1) is 0 Å². The van der Waals surface area contributed by atoms with Gasteiger partial charge in [-0.05, 0) is 73.1 Å². The van der Waals surface area contributed by atoms with Crippen LogP contribution in [-0.2, 0) is 33.7 Å². The monoisotopic (exact) mass is 581 g/mol. The number of amides is 3. The Morgan fingerprint density at radius 2 is 2.02 bits per heavy atom. The number of piperazine rings is 1. The molecule has 12 heteroatoms. The molecule has 2 aromatic heterocycles. The number of rotatable bonds is 11. The molecular formula is C29H39N7O4S. The van der Waals surface area contributed by atoms with E-state index in [9.17, 15) is 14.9 Å². The number of nitrogens with one attached hydrogen (secondary N) is 1. The predicted octanol–water partition coefficient (Wildman–Crippen LogP) is 3.58. The molecular weight excluding hydrogens is 542 g/mol. The average molecular weight is 582 g/mol. The normalized spacial score (nSPS) is 15.7. The van der Waals surface area contributed by atoms with Gasteiger partial charge in [-0.25, -0.2) is 14.8 Å². The summed E-state index contributed by atoms with van der Waals surface area (Å²) in [5.41, 5.74) is 3.72. The van der Waals surface area contributed by atoms with Crippen LogP contribution in [0.15, 0.2) is 18.3 Å². The maximum absolute atomic E-state index is 13.5. The molecule has 41 heavy (non-hydrogen) atoms. The van der Waals surface area contributed by atoms with E-state index in [2.05, 4.69) is 23.3 Å². The fourth-order valence-corrected chi connectivity index (χ4v) is 5.80. The number of aromatic nitrogens is 2.